The lowest BCUT2D eigenvalue weighted by atomic mass is 10.1. The normalized spacial score (nSPS) is 27.1. The molecule has 0 unspecified atom stereocenters. The molecule has 1 amide bonds. The van der Waals surface area contributed by atoms with Crippen LogP contribution in [0.4, 0.5) is 4.79 Å². The van der Waals surface area contributed by atoms with Crippen molar-refractivity contribution < 1.29 is 14.6 Å². The lowest BCUT2D eigenvalue weighted by molar-refractivity contribution is 0.00530. The van der Waals surface area contributed by atoms with Crippen molar-refractivity contribution in [1.82, 2.24) is 10.2 Å². The standard InChI is InChI=1S/C12H24N2O3/c1-8(15)10-9(13-5)6-7-14(10)11(16)17-12(2,3)4/h8-10,13,15H,6-7H2,1-5H3/t8-,9-,10-/m1/s1. The Morgan fingerprint density at radius 2 is 2.12 bits per heavy atom. The van der Waals surface area contributed by atoms with E-state index in [1.165, 1.54) is 0 Å². The minimum atomic E-state index is -0.567. The van der Waals surface area contributed by atoms with Gasteiger partial charge in [0.15, 0.2) is 0 Å². The predicted octanol–water partition coefficient (Wildman–Crippen LogP) is 0.965. The Balaban J connectivity index is 2.73. The molecule has 17 heavy (non-hydrogen) atoms. The van der Waals surface area contributed by atoms with Gasteiger partial charge in [-0.25, -0.2) is 4.79 Å². The number of nitrogens with zero attached hydrogens (tertiary/aromatic N) is 1. The summed E-state index contributed by atoms with van der Waals surface area (Å²) in [6, 6.07) is -0.0858. The molecular weight excluding hydrogens is 220 g/mol. The number of likely N-dealkylation sites (tertiary alicyclic amines) is 1. The van der Waals surface area contributed by atoms with Gasteiger partial charge in [0.1, 0.15) is 5.60 Å². The third-order valence-corrected chi connectivity index (χ3v) is 2.95. The van der Waals surface area contributed by atoms with Crippen LogP contribution in [0, 0.1) is 0 Å². The molecule has 5 nitrogen and oxygen atoms in total. The van der Waals surface area contributed by atoms with Gasteiger partial charge in [-0.2, -0.15) is 0 Å². The second kappa shape index (κ2) is 5.23. The predicted molar refractivity (Wildman–Crippen MR) is 65.9 cm³/mol. The smallest absolute Gasteiger partial charge is 0.410 e. The first-order valence-electron chi connectivity index (χ1n) is 6.11. The summed E-state index contributed by atoms with van der Waals surface area (Å²) in [5.41, 5.74) is -0.502. The van der Waals surface area contributed by atoms with Crippen molar-refractivity contribution in [2.75, 3.05) is 13.6 Å². The topological polar surface area (TPSA) is 61.8 Å². The van der Waals surface area contributed by atoms with Crippen molar-refractivity contribution in [3.63, 3.8) is 0 Å². The van der Waals surface area contributed by atoms with Crippen LogP contribution in [0.3, 0.4) is 0 Å². The summed E-state index contributed by atoms with van der Waals surface area (Å²) in [6.45, 7) is 7.85. The highest BCUT2D eigenvalue weighted by Crippen LogP contribution is 2.23. The van der Waals surface area contributed by atoms with E-state index < -0.39 is 11.7 Å². The van der Waals surface area contributed by atoms with Gasteiger partial charge in [-0.3, -0.25) is 0 Å². The van der Waals surface area contributed by atoms with Gasteiger partial charge in [-0.15, -0.1) is 0 Å². The lowest BCUT2D eigenvalue weighted by Crippen LogP contribution is -2.51. The second-order valence-electron chi connectivity index (χ2n) is 5.59. The van der Waals surface area contributed by atoms with Crippen LogP contribution in [0.1, 0.15) is 34.1 Å². The van der Waals surface area contributed by atoms with Crippen molar-refractivity contribution >= 4 is 6.09 Å². The Bertz CT molecular complexity index is 273. The van der Waals surface area contributed by atoms with E-state index in [9.17, 15) is 9.90 Å². The quantitative estimate of drug-likeness (QED) is 0.759. The average Bonchev–Trinajstić information content (AvgIpc) is 2.57. The summed E-state index contributed by atoms with van der Waals surface area (Å²) in [5, 5.41) is 12.9. The molecule has 1 saturated heterocycles. The molecule has 0 aromatic heterocycles. The first-order valence-corrected chi connectivity index (χ1v) is 6.11. The molecule has 0 bridgehead atoms. The summed E-state index contributed by atoms with van der Waals surface area (Å²) in [4.78, 5) is 13.6. The van der Waals surface area contributed by atoms with E-state index in [2.05, 4.69) is 5.32 Å². The van der Waals surface area contributed by atoms with Crippen LogP contribution in [0.2, 0.25) is 0 Å². The van der Waals surface area contributed by atoms with Crippen molar-refractivity contribution in [1.29, 1.82) is 0 Å². The van der Waals surface area contributed by atoms with Crippen LogP contribution < -0.4 is 5.32 Å². The monoisotopic (exact) mass is 244 g/mol. The van der Waals surface area contributed by atoms with Crippen molar-refractivity contribution in [2.45, 2.75) is 57.9 Å². The van der Waals surface area contributed by atoms with E-state index in [-0.39, 0.29) is 18.2 Å². The van der Waals surface area contributed by atoms with E-state index in [4.69, 9.17) is 4.74 Å². The van der Waals surface area contributed by atoms with E-state index in [1.54, 1.807) is 11.8 Å². The maximum absolute atomic E-state index is 12.0. The zero-order valence-corrected chi connectivity index (χ0v) is 11.4. The van der Waals surface area contributed by atoms with Gasteiger partial charge in [0.05, 0.1) is 12.1 Å². The number of carbonyl (C=O) groups is 1. The Morgan fingerprint density at radius 1 is 1.53 bits per heavy atom. The number of rotatable bonds is 2. The summed E-state index contributed by atoms with van der Waals surface area (Å²) in [6.07, 6.45) is -0.0747. The number of aliphatic hydroxyl groups excluding tert-OH is 1. The van der Waals surface area contributed by atoms with E-state index in [0.29, 0.717) is 6.54 Å². The molecule has 0 saturated carbocycles. The fourth-order valence-corrected chi connectivity index (χ4v) is 2.26. The van der Waals surface area contributed by atoms with Gasteiger partial charge in [0, 0.05) is 12.6 Å². The van der Waals surface area contributed by atoms with Crippen molar-refractivity contribution in [3.8, 4) is 0 Å². The zero-order chi connectivity index (χ0) is 13.2. The molecule has 0 aromatic rings. The number of nitrogens with one attached hydrogen (secondary N) is 1. The maximum Gasteiger partial charge on any atom is 0.410 e. The Kier molecular flexibility index (Phi) is 4.38. The molecule has 1 fully saturated rings. The van der Waals surface area contributed by atoms with Gasteiger partial charge < -0.3 is 20.1 Å². The molecular formula is C12H24N2O3. The summed E-state index contributed by atoms with van der Waals surface area (Å²) in [5.74, 6) is 0. The minimum Gasteiger partial charge on any atom is -0.444 e. The molecule has 100 valence electrons. The highest BCUT2D eigenvalue weighted by Gasteiger charge is 2.40. The Hall–Kier alpha value is -0.810. The number of carbonyl (C=O) groups excluding carboxylic acids is 1. The number of likely N-dealkylation sites (N-methyl/N-ethyl adjacent to an activating group) is 1. The molecule has 1 heterocycles. The first-order chi connectivity index (χ1) is 7.76. The number of hydrogen-bond acceptors (Lipinski definition) is 4. The van der Waals surface area contributed by atoms with Gasteiger partial charge in [0.25, 0.3) is 0 Å². The first kappa shape index (κ1) is 14.3. The van der Waals surface area contributed by atoms with Crippen molar-refractivity contribution in [2.24, 2.45) is 0 Å². The van der Waals surface area contributed by atoms with Gasteiger partial charge in [-0.1, -0.05) is 0 Å². The largest absolute Gasteiger partial charge is 0.444 e. The second-order valence-corrected chi connectivity index (χ2v) is 5.59. The molecule has 0 aliphatic carbocycles. The zero-order valence-electron chi connectivity index (χ0n) is 11.4. The van der Waals surface area contributed by atoms with Crippen LogP contribution in [0.25, 0.3) is 0 Å². The van der Waals surface area contributed by atoms with E-state index in [0.717, 1.165) is 6.42 Å². The van der Waals surface area contributed by atoms with Crippen LogP contribution in [0.5, 0.6) is 0 Å². The number of ether oxygens (including phenoxy) is 1. The Labute approximate surface area is 103 Å². The van der Waals surface area contributed by atoms with E-state index >= 15 is 0 Å². The average molecular weight is 244 g/mol. The molecule has 0 aromatic carbocycles. The lowest BCUT2D eigenvalue weighted by Gasteiger charge is -2.32. The molecule has 1 aliphatic rings. The van der Waals surface area contributed by atoms with Gasteiger partial charge in [-0.05, 0) is 41.2 Å². The molecule has 0 spiro atoms. The molecule has 1 rings (SSSR count). The van der Waals surface area contributed by atoms with E-state index in [1.807, 2.05) is 27.8 Å². The summed E-state index contributed by atoms with van der Waals surface area (Å²) >= 11 is 0. The summed E-state index contributed by atoms with van der Waals surface area (Å²) in [7, 11) is 1.85. The van der Waals surface area contributed by atoms with Gasteiger partial charge >= 0.3 is 6.09 Å². The fourth-order valence-electron chi connectivity index (χ4n) is 2.26. The summed E-state index contributed by atoms with van der Waals surface area (Å²) < 4.78 is 5.34. The SMILES string of the molecule is CN[C@@H]1CCN(C(=O)OC(C)(C)C)[C@@H]1[C@@H](C)O. The molecule has 0 radical (unpaired) electrons. The maximum atomic E-state index is 12.0. The Morgan fingerprint density at radius 3 is 2.53 bits per heavy atom. The molecule has 2 N–H and O–H groups in total. The fraction of sp³-hybridized carbons (Fsp3) is 0.917. The van der Waals surface area contributed by atoms with Crippen LogP contribution >= 0.6 is 0 Å². The highest BCUT2D eigenvalue weighted by molar-refractivity contribution is 5.69. The molecule has 1 aliphatic heterocycles. The van der Waals surface area contributed by atoms with Crippen LogP contribution in [-0.4, -0.2) is 53.5 Å². The third-order valence-electron chi connectivity index (χ3n) is 2.95. The number of aliphatic hydroxyl groups is 1. The number of amides is 1. The molecule has 3 atom stereocenters. The third kappa shape index (κ3) is 3.57. The van der Waals surface area contributed by atoms with Crippen LogP contribution in [-0.2, 0) is 4.74 Å². The molecule has 5 heteroatoms. The minimum absolute atomic E-state index is 0.127. The highest BCUT2D eigenvalue weighted by atomic mass is 16.6. The van der Waals surface area contributed by atoms with Crippen molar-refractivity contribution in [3.05, 3.63) is 0 Å². The van der Waals surface area contributed by atoms with Crippen LogP contribution in [0.15, 0.2) is 0 Å². The number of hydrogen-bond donors (Lipinski definition) is 2. The van der Waals surface area contributed by atoms with Gasteiger partial charge in [0.2, 0.25) is 0 Å².